The Morgan fingerprint density at radius 3 is 2.29 bits per heavy atom. The Labute approximate surface area is 229 Å². The number of carbonyl (C=O) groups excluding carboxylic acids is 1. The first-order chi connectivity index (χ1) is 18.5. The van der Waals surface area contributed by atoms with Crippen LogP contribution in [0.2, 0.25) is 0 Å². The molecule has 9 heteroatoms. The highest BCUT2D eigenvalue weighted by Gasteiger charge is 2.32. The van der Waals surface area contributed by atoms with Gasteiger partial charge in [0.15, 0.2) is 5.13 Å². The molecule has 0 aliphatic carbocycles. The van der Waals surface area contributed by atoms with Crippen LogP contribution >= 0.6 is 23.1 Å². The van der Waals surface area contributed by atoms with Gasteiger partial charge in [-0.3, -0.25) is 9.78 Å². The molecule has 7 nitrogen and oxygen atoms in total. The summed E-state index contributed by atoms with van der Waals surface area (Å²) in [4.78, 5) is 26.9. The van der Waals surface area contributed by atoms with Crippen LogP contribution in [0, 0.1) is 6.92 Å². The molecule has 2 aromatic carbocycles. The lowest BCUT2D eigenvalue weighted by Crippen LogP contribution is -2.41. The van der Waals surface area contributed by atoms with Crippen LogP contribution in [0.3, 0.4) is 0 Å². The molecule has 0 spiro atoms. The van der Waals surface area contributed by atoms with Crippen LogP contribution in [-0.2, 0) is 5.60 Å². The van der Waals surface area contributed by atoms with E-state index in [1.165, 1.54) is 23.1 Å². The number of hydrogen-bond donors (Lipinski definition) is 3. The fraction of sp³-hybridized carbons (Fsp3) is 0.103. The normalized spacial score (nSPS) is 11.2. The van der Waals surface area contributed by atoms with Crippen molar-refractivity contribution >= 4 is 40.0 Å². The van der Waals surface area contributed by atoms with Crippen molar-refractivity contribution in [2.75, 3.05) is 11.9 Å². The third kappa shape index (κ3) is 6.08. The van der Waals surface area contributed by atoms with E-state index in [1.54, 1.807) is 24.7 Å². The molecule has 0 aliphatic rings. The standard InChI is InChI=1S/C29H25N5O2S2/c1-20-12-14-31-25(16-20)34-28-32-18-26(38-28)37-23-13-15-30-24(17-23)27(35)33-19-29(36,21-8-4-2-5-9-21)22-10-6-3-7-11-22/h2-18,36H,19H2,1H3,(H,33,35)(H,31,32,34). The zero-order chi connectivity index (χ0) is 26.4. The molecular formula is C29H25N5O2S2. The second-order valence-electron chi connectivity index (χ2n) is 8.58. The Balaban J connectivity index is 1.27. The summed E-state index contributed by atoms with van der Waals surface area (Å²) in [7, 11) is 0. The number of amides is 1. The zero-order valence-corrected chi connectivity index (χ0v) is 22.2. The van der Waals surface area contributed by atoms with Crippen molar-refractivity contribution in [3.63, 3.8) is 0 Å². The van der Waals surface area contributed by atoms with Crippen LogP contribution in [0.15, 0.2) is 113 Å². The quantitative estimate of drug-likeness (QED) is 0.218. The van der Waals surface area contributed by atoms with Crippen LogP contribution in [0.25, 0.3) is 0 Å². The van der Waals surface area contributed by atoms with E-state index in [0.717, 1.165) is 25.6 Å². The van der Waals surface area contributed by atoms with Crippen molar-refractivity contribution < 1.29 is 9.90 Å². The van der Waals surface area contributed by atoms with E-state index in [-0.39, 0.29) is 18.1 Å². The summed E-state index contributed by atoms with van der Waals surface area (Å²) in [6.45, 7) is 2.01. The van der Waals surface area contributed by atoms with Gasteiger partial charge in [0.1, 0.15) is 17.1 Å². The minimum Gasteiger partial charge on any atom is -0.379 e. The highest BCUT2D eigenvalue weighted by atomic mass is 32.2. The first kappa shape index (κ1) is 25.6. The Kier molecular flexibility index (Phi) is 7.78. The van der Waals surface area contributed by atoms with Gasteiger partial charge in [0, 0.05) is 17.3 Å². The SMILES string of the molecule is Cc1ccnc(Nc2ncc(Sc3ccnc(C(=O)NCC(O)(c4ccccc4)c4ccccc4)c3)s2)c1. The minimum atomic E-state index is -1.39. The zero-order valence-electron chi connectivity index (χ0n) is 20.5. The molecule has 3 N–H and O–H groups in total. The maximum Gasteiger partial charge on any atom is 0.270 e. The number of hydrogen-bond acceptors (Lipinski definition) is 8. The summed E-state index contributed by atoms with van der Waals surface area (Å²) in [5, 5.41) is 18.5. The van der Waals surface area contributed by atoms with Crippen molar-refractivity contribution in [3.05, 3.63) is 126 Å². The molecule has 0 radical (unpaired) electrons. The van der Waals surface area contributed by atoms with Crippen LogP contribution in [0.4, 0.5) is 10.9 Å². The third-order valence-corrected chi connectivity index (χ3v) is 7.83. The summed E-state index contributed by atoms with van der Waals surface area (Å²) < 4.78 is 0.959. The third-order valence-electron chi connectivity index (χ3n) is 5.82. The van der Waals surface area contributed by atoms with Gasteiger partial charge in [-0.15, -0.1) is 0 Å². The number of anilines is 2. The average Bonchev–Trinajstić information content (AvgIpc) is 3.39. The molecule has 0 saturated carbocycles. The van der Waals surface area contributed by atoms with Gasteiger partial charge in [0.25, 0.3) is 5.91 Å². The fourth-order valence-corrected chi connectivity index (χ4v) is 5.78. The molecular weight excluding hydrogens is 514 g/mol. The Morgan fingerprint density at radius 2 is 1.61 bits per heavy atom. The van der Waals surface area contributed by atoms with Crippen molar-refractivity contribution in [2.45, 2.75) is 21.6 Å². The van der Waals surface area contributed by atoms with E-state index in [0.29, 0.717) is 11.1 Å². The molecule has 0 unspecified atom stereocenters. The largest absolute Gasteiger partial charge is 0.379 e. The van der Waals surface area contributed by atoms with Gasteiger partial charge in [-0.1, -0.05) is 83.8 Å². The van der Waals surface area contributed by atoms with Crippen molar-refractivity contribution in [1.82, 2.24) is 20.3 Å². The Bertz CT molecular complexity index is 1490. The van der Waals surface area contributed by atoms with E-state index < -0.39 is 5.60 Å². The van der Waals surface area contributed by atoms with Crippen LogP contribution in [0.5, 0.6) is 0 Å². The van der Waals surface area contributed by atoms with Crippen LogP contribution in [0.1, 0.15) is 27.2 Å². The number of carbonyl (C=O) groups is 1. The van der Waals surface area contributed by atoms with Gasteiger partial charge < -0.3 is 15.7 Å². The molecule has 3 heterocycles. The lowest BCUT2D eigenvalue weighted by molar-refractivity contribution is 0.0693. The maximum atomic E-state index is 13.1. The number of pyridine rings is 2. The average molecular weight is 540 g/mol. The van der Waals surface area contributed by atoms with Gasteiger partial charge in [-0.05, 0) is 47.9 Å². The molecule has 190 valence electrons. The summed E-state index contributed by atoms with van der Waals surface area (Å²) in [6.07, 6.45) is 5.15. The molecule has 38 heavy (non-hydrogen) atoms. The molecule has 0 fully saturated rings. The highest BCUT2D eigenvalue weighted by molar-refractivity contribution is 8.01. The molecule has 0 saturated heterocycles. The van der Waals surface area contributed by atoms with Crippen molar-refractivity contribution in [2.24, 2.45) is 0 Å². The van der Waals surface area contributed by atoms with E-state index in [1.807, 2.05) is 85.8 Å². The first-order valence-electron chi connectivity index (χ1n) is 11.9. The molecule has 3 aromatic heterocycles. The second-order valence-corrected chi connectivity index (χ2v) is 11.0. The van der Waals surface area contributed by atoms with Crippen molar-refractivity contribution in [3.8, 4) is 0 Å². The predicted molar refractivity (Wildman–Crippen MR) is 151 cm³/mol. The number of benzene rings is 2. The van der Waals surface area contributed by atoms with Gasteiger partial charge in [-0.2, -0.15) is 0 Å². The van der Waals surface area contributed by atoms with Crippen LogP contribution < -0.4 is 10.6 Å². The molecule has 0 aliphatic heterocycles. The van der Waals surface area contributed by atoms with Gasteiger partial charge in [-0.25, -0.2) is 9.97 Å². The predicted octanol–water partition coefficient (Wildman–Crippen LogP) is 5.80. The summed E-state index contributed by atoms with van der Waals surface area (Å²) in [6, 6.07) is 26.1. The summed E-state index contributed by atoms with van der Waals surface area (Å²) in [5.41, 5.74) is 1.38. The first-order valence-corrected chi connectivity index (χ1v) is 13.5. The number of aliphatic hydroxyl groups is 1. The number of aryl methyl sites for hydroxylation is 1. The van der Waals surface area contributed by atoms with Gasteiger partial charge >= 0.3 is 0 Å². The number of nitrogens with one attached hydrogen (secondary N) is 2. The summed E-state index contributed by atoms with van der Waals surface area (Å²) in [5.74, 6) is 0.375. The number of aromatic nitrogens is 3. The van der Waals surface area contributed by atoms with E-state index in [4.69, 9.17) is 0 Å². The van der Waals surface area contributed by atoms with E-state index >= 15 is 0 Å². The highest BCUT2D eigenvalue weighted by Crippen LogP contribution is 2.35. The Hall–Kier alpha value is -4.05. The van der Waals surface area contributed by atoms with E-state index in [2.05, 4.69) is 25.6 Å². The molecule has 1 amide bonds. The fourth-order valence-electron chi connectivity index (χ4n) is 3.89. The summed E-state index contributed by atoms with van der Waals surface area (Å²) >= 11 is 3.00. The lowest BCUT2D eigenvalue weighted by Gasteiger charge is -2.29. The number of nitrogens with zero attached hydrogens (tertiary/aromatic N) is 3. The van der Waals surface area contributed by atoms with Gasteiger partial charge in [0.2, 0.25) is 0 Å². The molecule has 0 bridgehead atoms. The smallest absolute Gasteiger partial charge is 0.270 e. The van der Waals surface area contributed by atoms with Crippen molar-refractivity contribution in [1.29, 1.82) is 0 Å². The number of rotatable bonds is 9. The molecule has 5 aromatic rings. The topological polar surface area (TPSA) is 100 Å². The maximum absolute atomic E-state index is 13.1. The minimum absolute atomic E-state index is 0.00419. The Morgan fingerprint density at radius 1 is 0.921 bits per heavy atom. The van der Waals surface area contributed by atoms with Gasteiger partial charge in [0.05, 0.1) is 17.0 Å². The molecule has 0 atom stereocenters. The monoisotopic (exact) mass is 539 g/mol. The number of thiazole rings is 1. The molecule has 5 rings (SSSR count). The second kappa shape index (κ2) is 11.6. The van der Waals surface area contributed by atoms with E-state index in [9.17, 15) is 9.90 Å². The van der Waals surface area contributed by atoms with Crippen LogP contribution in [-0.4, -0.2) is 32.5 Å². The lowest BCUT2D eigenvalue weighted by atomic mass is 9.86.